The molecule has 1 aliphatic rings. The molecule has 1 aliphatic heterocycles. The summed E-state index contributed by atoms with van der Waals surface area (Å²) in [4.78, 5) is 43.4. The maximum absolute atomic E-state index is 12.9. The number of quaternary nitrogens is 1. The number of carbonyl (C=O) groups excluding carboxylic acids is 2. The van der Waals surface area contributed by atoms with Crippen LogP contribution in [0.5, 0.6) is 5.75 Å². The number of amidine groups is 1. The molecule has 3 aromatic carbocycles. The van der Waals surface area contributed by atoms with Gasteiger partial charge in [-0.3, -0.25) is 0 Å². The molecular weight excluding hydrogens is 486 g/mol. The molecular formula is C29H30N3O6+. The van der Waals surface area contributed by atoms with Crippen molar-refractivity contribution >= 4 is 40.5 Å². The van der Waals surface area contributed by atoms with Crippen molar-refractivity contribution in [1.82, 2.24) is 9.38 Å². The van der Waals surface area contributed by atoms with E-state index in [1.54, 1.807) is 64.2 Å². The van der Waals surface area contributed by atoms with Crippen molar-refractivity contribution in [2.45, 2.75) is 32.8 Å². The second-order valence-corrected chi connectivity index (χ2v) is 9.91. The van der Waals surface area contributed by atoms with Gasteiger partial charge in [0.15, 0.2) is 5.69 Å². The third kappa shape index (κ3) is 5.42. The minimum Gasteiger partial charge on any atom is -0.444 e. The Hall–Kier alpha value is -4.50. The van der Waals surface area contributed by atoms with Gasteiger partial charge in [0.25, 0.3) is 0 Å². The van der Waals surface area contributed by atoms with Gasteiger partial charge in [-0.2, -0.15) is 4.79 Å². The summed E-state index contributed by atoms with van der Waals surface area (Å²) in [6.45, 7) is 5.54. The second kappa shape index (κ2) is 10.5. The first-order valence-electron chi connectivity index (χ1n) is 12.1. The van der Waals surface area contributed by atoms with Crippen molar-refractivity contribution in [2.24, 2.45) is 4.99 Å². The van der Waals surface area contributed by atoms with Crippen LogP contribution in [0.2, 0.25) is 0 Å². The number of aliphatic imine (C=N–C) groups is 1. The van der Waals surface area contributed by atoms with Gasteiger partial charge in [0.05, 0.1) is 18.2 Å². The third-order valence-corrected chi connectivity index (χ3v) is 6.06. The van der Waals surface area contributed by atoms with Crippen LogP contribution < -0.4 is 9.22 Å². The molecule has 0 saturated heterocycles. The number of carbonyl (C=O) groups is 3. The van der Waals surface area contributed by atoms with Crippen LogP contribution in [0.1, 0.15) is 37.6 Å². The normalized spacial score (nSPS) is 16.7. The fraction of sp³-hybridized carbons (Fsp3) is 0.241. The van der Waals surface area contributed by atoms with Crippen molar-refractivity contribution in [3.63, 3.8) is 0 Å². The molecule has 3 aromatic rings. The highest BCUT2D eigenvalue weighted by Crippen LogP contribution is 2.32. The number of hydrogen-bond acceptors (Lipinski definition) is 6. The first kappa shape index (κ1) is 26.6. The zero-order valence-electron chi connectivity index (χ0n) is 21.7. The standard InChI is InChI=1S/C29H29N3O6/c1-29(2,3)38-27(34)31(4)18-16-25-30-17-19-32(25,28(35)36)21-12-14-22(15-13-21)37-26(33)24-11-7-9-20-8-5-6-10-23(20)24/h5-15,17,19H,16,18H2,1-4H3/p+1. The molecule has 0 saturated carbocycles. The van der Waals surface area contributed by atoms with E-state index >= 15 is 0 Å². The number of carboxylic acid groups (broad SMARTS) is 1. The summed E-state index contributed by atoms with van der Waals surface area (Å²) in [5.74, 6) is 0.0973. The highest BCUT2D eigenvalue weighted by molar-refractivity contribution is 6.11. The molecule has 0 aliphatic carbocycles. The SMILES string of the molecule is CN(CCC1=NC=C[N+]1(C(=O)O)c1ccc(OC(=O)c2cccc3ccccc23)cc1)C(=O)OC(C)(C)C. The van der Waals surface area contributed by atoms with E-state index in [0.29, 0.717) is 17.1 Å². The van der Waals surface area contributed by atoms with Crippen LogP contribution in [0.15, 0.2) is 84.1 Å². The van der Waals surface area contributed by atoms with Crippen molar-refractivity contribution in [2.75, 3.05) is 13.6 Å². The average molecular weight is 517 g/mol. The Bertz CT molecular complexity index is 1430. The Balaban J connectivity index is 1.50. The maximum Gasteiger partial charge on any atom is 0.529 e. The zero-order valence-corrected chi connectivity index (χ0v) is 21.7. The third-order valence-electron chi connectivity index (χ3n) is 6.06. The summed E-state index contributed by atoms with van der Waals surface area (Å²) < 4.78 is 10.3. The fourth-order valence-corrected chi connectivity index (χ4v) is 4.17. The Morgan fingerprint density at radius 2 is 1.66 bits per heavy atom. The lowest BCUT2D eigenvalue weighted by molar-refractivity contribution is 0.0302. The predicted molar refractivity (Wildman–Crippen MR) is 145 cm³/mol. The number of fused-ring (bicyclic) bond motifs is 1. The minimum absolute atomic E-state index is 0.201. The molecule has 196 valence electrons. The molecule has 1 atom stereocenters. The molecule has 0 aromatic heterocycles. The predicted octanol–water partition coefficient (Wildman–Crippen LogP) is 6.18. The number of amides is 2. The Morgan fingerprint density at radius 3 is 2.34 bits per heavy atom. The van der Waals surface area contributed by atoms with Crippen molar-refractivity contribution in [1.29, 1.82) is 0 Å². The van der Waals surface area contributed by atoms with E-state index in [4.69, 9.17) is 9.47 Å². The molecule has 1 N–H and O–H groups in total. The largest absolute Gasteiger partial charge is 0.529 e. The van der Waals surface area contributed by atoms with E-state index in [0.717, 1.165) is 10.8 Å². The van der Waals surface area contributed by atoms with E-state index in [2.05, 4.69) is 4.99 Å². The highest BCUT2D eigenvalue weighted by atomic mass is 16.6. The molecule has 38 heavy (non-hydrogen) atoms. The van der Waals surface area contributed by atoms with Gasteiger partial charge in [-0.1, -0.05) is 36.4 Å². The van der Waals surface area contributed by atoms with E-state index < -0.39 is 28.2 Å². The summed E-state index contributed by atoms with van der Waals surface area (Å²) in [6, 6.07) is 19.2. The van der Waals surface area contributed by atoms with Crippen LogP contribution in [0.25, 0.3) is 10.8 Å². The molecule has 2 amide bonds. The molecule has 4 rings (SSSR count). The lowest BCUT2D eigenvalue weighted by atomic mass is 10.0. The smallest absolute Gasteiger partial charge is 0.444 e. The monoisotopic (exact) mass is 516 g/mol. The van der Waals surface area contributed by atoms with Gasteiger partial charge in [0, 0.05) is 25.7 Å². The van der Waals surface area contributed by atoms with E-state index in [1.165, 1.54) is 17.3 Å². The van der Waals surface area contributed by atoms with Gasteiger partial charge in [-0.05, 0) is 49.7 Å². The second-order valence-electron chi connectivity index (χ2n) is 9.91. The molecule has 1 unspecified atom stereocenters. The van der Waals surface area contributed by atoms with Gasteiger partial charge < -0.3 is 19.5 Å². The minimum atomic E-state index is -1.15. The number of esters is 1. The summed E-state index contributed by atoms with van der Waals surface area (Å²) >= 11 is 0. The quantitative estimate of drug-likeness (QED) is 0.238. The Morgan fingerprint density at radius 1 is 0.974 bits per heavy atom. The molecule has 0 spiro atoms. The maximum atomic E-state index is 12.9. The summed E-state index contributed by atoms with van der Waals surface area (Å²) in [5.41, 5.74) is 0.194. The van der Waals surface area contributed by atoms with E-state index in [9.17, 15) is 19.5 Å². The molecule has 0 bridgehead atoms. The number of rotatable bonds is 6. The molecule has 9 nitrogen and oxygen atoms in total. The molecule has 0 radical (unpaired) electrons. The first-order chi connectivity index (χ1) is 18.0. The van der Waals surface area contributed by atoms with Crippen LogP contribution in [-0.2, 0) is 4.74 Å². The summed E-state index contributed by atoms with van der Waals surface area (Å²) in [7, 11) is 1.59. The molecule has 0 fully saturated rings. The Labute approximate surface area is 220 Å². The molecule has 9 heteroatoms. The number of benzene rings is 3. The number of hydrogen-bond donors (Lipinski definition) is 1. The van der Waals surface area contributed by atoms with Gasteiger partial charge in [0.1, 0.15) is 17.6 Å². The lowest BCUT2D eigenvalue weighted by Crippen LogP contribution is -2.52. The van der Waals surface area contributed by atoms with Gasteiger partial charge in [-0.15, -0.1) is 4.48 Å². The number of ether oxygens (including phenoxy) is 2. The van der Waals surface area contributed by atoms with Gasteiger partial charge in [-0.25, -0.2) is 14.6 Å². The highest BCUT2D eigenvalue weighted by Gasteiger charge is 2.46. The molecule has 1 heterocycles. The van der Waals surface area contributed by atoms with Crippen LogP contribution >= 0.6 is 0 Å². The van der Waals surface area contributed by atoms with E-state index in [-0.39, 0.29) is 18.7 Å². The average Bonchev–Trinajstić information content (AvgIpc) is 3.31. The first-order valence-corrected chi connectivity index (χ1v) is 12.1. The van der Waals surface area contributed by atoms with Crippen LogP contribution in [0, 0.1) is 0 Å². The van der Waals surface area contributed by atoms with Crippen molar-refractivity contribution in [3.8, 4) is 5.75 Å². The zero-order chi connectivity index (χ0) is 27.5. The number of nitrogens with zero attached hydrogens (tertiary/aromatic N) is 3. The van der Waals surface area contributed by atoms with Gasteiger partial charge >= 0.3 is 18.2 Å². The van der Waals surface area contributed by atoms with E-state index in [1.807, 2.05) is 30.3 Å². The van der Waals surface area contributed by atoms with Crippen LogP contribution in [0.4, 0.5) is 15.3 Å². The summed E-state index contributed by atoms with van der Waals surface area (Å²) in [6.07, 6.45) is 1.44. The van der Waals surface area contributed by atoms with Crippen LogP contribution in [0.3, 0.4) is 0 Å². The van der Waals surface area contributed by atoms with Crippen molar-refractivity contribution in [3.05, 3.63) is 84.7 Å². The van der Waals surface area contributed by atoms with Gasteiger partial charge in [0.2, 0.25) is 5.84 Å². The lowest BCUT2D eigenvalue weighted by Gasteiger charge is -2.28. The van der Waals surface area contributed by atoms with Crippen molar-refractivity contribution < 1.29 is 29.0 Å². The fourth-order valence-electron chi connectivity index (χ4n) is 4.17. The summed E-state index contributed by atoms with van der Waals surface area (Å²) in [5, 5.41) is 11.9. The Kier molecular flexibility index (Phi) is 7.32. The van der Waals surface area contributed by atoms with Crippen LogP contribution in [-0.4, -0.2) is 53.2 Å². The topological polar surface area (TPSA) is 106 Å².